The van der Waals surface area contributed by atoms with E-state index >= 15 is 0 Å². The molecule has 1 atom stereocenters. The minimum absolute atomic E-state index is 0.389. The minimum atomic E-state index is 0.389. The molecule has 0 heterocycles. The SMILES string of the molecule is COc1cccc(C2C=CC(CN(C)C)=C2)c1. The van der Waals surface area contributed by atoms with E-state index in [1.807, 2.05) is 12.1 Å². The first-order valence-corrected chi connectivity index (χ1v) is 5.86. The van der Waals surface area contributed by atoms with Crippen LogP contribution in [0.4, 0.5) is 0 Å². The number of nitrogens with zero attached hydrogens (tertiary/aromatic N) is 1. The highest BCUT2D eigenvalue weighted by Gasteiger charge is 2.12. The third-order valence-corrected chi connectivity index (χ3v) is 2.89. The van der Waals surface area contributed by atoms with Gasteiger partial charge in [0.2, 0.25) is 0 Å². The zero-order valence-corrected chi connectivity index (χ0v) is 10.7. The van der Waals surface area contributed by atoms with Crippen molar-refractivity contribution in [2.75, 3.05) is 27.7 Å². The van der Waals surface area contributed by atoms with Crippen molar-refractivity contribution in [3.8, 4) is 5.75 Å². The molecule has 0 N–H and O–H groups in total. The molecule has 0 radical (unpaired) electrons. The van der Waals surface area contributed by atoms with Crippen molar-refractivity contribution < 1.29 is 4.74 Å². The average Bonchev–Trinajstić information content (AvgIpc) is 2.77. The first kappa shape index (κ1) is 11.9. The molecule has 1 aromatic carbocycles. The highest BCUT2D eigenvalue weighted by molar-refractivity contribution is 5.42. The summed E-state index contributed by atoms with van der Waals surface area (Å²) in [5.41, 5.74) is 2.66. The molecule has 1 aliphatic rings. The molecule has 2 heteroatoms. The number of benzene rings is 1. The van der Waals surface area contributed by atoms with Crippen LogP contribution in [0.15, 0.2) is 48.1 Å². The van der Waals surface area contributed by atoms with E-state index in [-0.39, 0.29) is 0 Å². The molecular formula is C15H19NO. The van der Waals surface area contributed by atoms with Gasteiger partial charge < -0.3 is 9.64 Å². The van der Waals surface area contributed by atoms with Crippen LogP contribution in [-0.4, -0.2) is 32.6 Å². The molecule has 2 nitrogen and oxygen atoms in total. The third-order valence-electron chi connectivity index (χ3n) is 2.89. The van der Waals surface area contributed by atoms with E-state index in [1.165, 1.54) is 11.1 Å². The zero-order valence-electron chi connectivity index (χ0n) is 10.7. The molecular weight excluding hydrogens is 210 g/mol. The summed E-state index contributed by atoms with van der Waals surface area (Å²) in [6.45, 7) is 0.997. The smallest absolute Gasteiger partial charge is 0.119 e. The maximum atomic E-state index is 5.25. The van der Waals surface area contributed by atoms with Gasteiger partial charge in [0.05, 0.1) is 7.11 Å². The maximum Gasteiger partial charge on any atom is 0.119 e. The second kappa shape index (κ2) is 5.19. The number of rotatable bonds is 4. The van der Waals surface area contributed by atoms with Gasteiger partial charge in [-0.05, 0) is 37.4 Å². The fourth-order valence-electron chi connectivity index (χ4n) is 2.10. The number of ether oxygens (including phenoxy) is 1. The maximum absolute atomic E-state index is 5.25. The van der Waals surface area contributed by atoms with Gasteiger partial charge in [0.1, 0.15) is 5.75 Å². The number of allylic oxidation sites excluding steroid dienone is 2. The fraction of sp³-hybridized carbons (Fsp3) is 0.333. The van der Waals surface area contributed by atoms with E-state index in [0.29, 0.717) is 5.92 Å². The van der Waals surface area contributed by atoms with Gasteiger partial charge in [0.15, 0.2) is 0 Å². The molecule has 17 heavy (non-hydrogen) atoms. The predicted molar refractivity (Wildman–Crippen MR) is 71.5 cm³/mol. The first-order valence-electron chi connectivity index (χ1n) is 5.86. The van der Waals surface area contributed by atoms with Crippen molar-refractivity contribution in [3.63, 3.8) is 0 Å². The zero-order chi connectivity index (χ0) is 12.3. The Kier molecular flexibility index (Phi) is 3.64. The summed E-state index contributed by atoms with van der Waals surface area (Å²) in [6.07, 6.45) is 6.77. The average molecular weight is 229 g/mol. The van der Waals surface area contributed by atoms with Crippen LogP contribution < -0.4 is 4.74 Å². The Hall–Kier alpha value is -1.54. The molecule has 1 aliphatic carbocycles. The van der Waals surface area contributed by atoms with Crippen molar-refractivity contribution in [1.82, 2.24) is 4.90 Å². The lowest BCUT2D eigenvalue weighted by atomic mass is 10.0. The number of likely N-dealkylation sites (N-methyl/N-ethyl adjacent to an activating group) is 1. The van der Waals surface area contributed by atoms with E-state index in [1.54, 1.807) is 7.11 Å². The monoisotopic (exact) mass is 229 g/mol. The fourth-order valence-corrected chi connectivity index (χ4v) is 2.10. The Morgan fingerprint density at radius 2 is 2.12 bits per heavy atom. The molecule has 0 aromatic heterocycles. The molecule has 0 saturated carbocycles. The van der Waals surface area contributed by atoms with Gasteiger partial charge >= 0.3 is 0 Å². The van der Waals surface area contributed by atoms with Crippen LogP contribution in [0.5, 0.6) is 5.75 Å². The lowest BCUT2D eigenvalue weighted by molar-refractivity contribution is 0.414. The number of hydrogen-bond acceptors (Lipinski definition) is 2. The summed E-state index contributed by atoms with van der Waals surface area (Å²) >= 11 is 0. The second-order valence-electron chi connectivity index (χ2n) is 4.64. The normalized spacial score (nSPS) is 18.6. The standard InChI is InChI=1S/C15H19NO/c1-16(2)11-12-7-8-14(9-12)13-5-4-6-15(10-13)17-3/h4-10,14H,11H2,1-3H3. The van der Waals surface area contributed by atoms with Gasteiger partial charge in [0.25, 0.3) is 0 Å². The second-order valence-corrected chi connectivity index (χ2v) is 4.64. The Balaban J connectivity index is 2.14. The predicted octanol–water partition coefficient (Wildman–Crippen LogP) is 2.84. The number of hydrogen-bond donors (Lipinski definition) is 0. The van der Waals surface area contributed by atoms with E-state index in [2.05, 4.69) is 49.4 Å². The van der Waals surface area contributed by atoms with Crippen molar-refractivity contribution in [3.05, 3.63) is 53.6 Å². The summed E-state index contributed by atoms with van der Waals surface area (Å²) < 4.78 is 5.25. The van der Waals surface area contributed by atoms with E-state index in [9.17, 15) is 0 Å². The van der Waals surface area contributed by atoms with Gasteiger partial charge in [-0.1, -0.05) is 30.4 Å². The molecule has 0 fully saturated rings. The van der Waals surface area contributed by atoms with Crippen LogP contribution in [0.1, 0.15) is 11.5 Å². The molecule has 0 bridgehead atoms. The summed E-state index contributed by atoms with van der Waals surface area (Å²) in [5.74, 6) is 1.31. The highest BCUT2D eigenvalue weighted by atomic mass is 16.5. The first-order chi connectivity index (χ1) is 8.19. The van der Waals surface area contributed by atoms with Gasteiger partial charge in [-0.3, -0.25) is 0 Å². The summed E-state index contributed by atoms with van der Waals surface area (Å²) in [6, 6.07) is 8.27. The van der Waals surface area contributed by atoms with E-state index in [4.69, 9.17) is 4.74 Å². The lowest BCUT2D eigenvalue weighted by Gasteiger charge is -2.10. The highest BCUT2D eigenvalue weighted by Crippen LogP contribution is 2.28. The van der Waals surface area contributed by atoms with E-state index < -0.39 is 0 Å². The minimum Gasteiger partial charge on any atom is -0.497 e. The summed E-state index contributed by atoms with van der Waals surface area (Å²) in [4.78, 5) is 2.18. The molecule has 0 amide bonds. The molecule has 0 spiro atoms. The van der Waals surface area contributed by atoms with Crippen LogP contribution >= 0.6 is 0 Å². The molecule has 90 valence electrons. The summed E-state index contributed by atoms with van der Waals surface area (Å²) in [5, 5.41) is 0. The van der Waals surface area contributed by atoms with Crippen LogP contribution in [0.2, 0.25) is 0 Å². The topological polar surface area (TPSA) is 12.5 Å². The van der Waals surface area contributed by atoms with Crippen molar-refractivity contribution in [2.45, 2.75) is 5.92 Å². The van der Waals surface area contributed by atoms with Gasteiger partial charge in [-0.15, -0.1) is 0 Å². The molecule has 1 unspecified atom stereocenters. The number of methoxy groups -OCH3 is 1. The molecule has 1 aromatic rings. The molecule has 0 saturated heterocycles. The van der Waals surface area contributed by atoms with Gasteiger partial charge in [-0.2, -0.15) is 0 Å². The summed E-state index contributed by atoms with van der Waals surface area (Å²) in [7, 11) is 5.89. The van der Waals surface area contributed by atoms with Crippen LogP contribution in [0.25, 0.3) is 0 Å². The Morgan fingerprint density at radius 1 is 1.29 bits per heavy atom. The Morgan fingerprint density at radius 3 is 2.82 bits per heavy atom. The van der Waals surface area contributed by atoms with Crippen LogP contribution in [0, 0.1) is 0 Å². The van der Waals surface area contributed by atoms with Gasteiger partial charge in [-0.25, -0.2) is 0 Å². The lowest BCUT2D eigenvalue weighted by Crippen LogP contribution is -2.13. The van der Waals surface area contributed by atoms with Gasteiger partial charge in [0, 0.05) is 12.5 Å². The Labute approximate surface area is 103 Å². The van der Waals surface area contributed by atoms with Crippen molar-refractivity contribution >= 4 is 0 Å². The van der Waals surface area contributed by atoms with E-state index in [0.717, 1.165) is 12.3 Å². The Bertz CT molecular complexity index is 446. The third kappa shape index (κ3) is 2.98. The largest absolute Gasteiger partial charge is 0.497 e. The van der Waals surface area contributed by atoms with Crippen LogP contribution in [-0.2, 0) is 0 Å². The quantitative estimate of drug-likeness (QED) is 0.787. The molecule has 0 aliphatic heterocycles. The van der Waals surface area contributed by atoms with Crippen molar-refractivity contribution in [2.24, 2.45) is 0 Å². The van der Waals surface area contributed by atoms with Crippen LogP contribution in [0.3, 0.4) is 0 Å². The molecule has 2 rings (SSSR count). The van der Waals surface area contributed by atoms with Crippen molar-refractivity contribution in [1.29, 1.82) is 0 Å².